The molecular weight excluding hydrogens is 192 g/mol. The van der Waals surface area contributed by atoms with Crippen molar-refractivity contribution in [1.29, 1.82) is 0 Å². The van der Waals surface area contributed by atoms with Crippen LogP contribution in [0.25, 0.3) is 0 Å². The van der Waals surface area contributed by atoms with Crippen LogP contribution in [0.1, 0.15) is 12.8 Å². The van der Waals surface area contributed by atoms with Crippen molar-refractivity contribution in [3.05, 3.63) is 24.3 Å². The molecule has 0 heterocycles. The Morgan fingerprint density at radius 3 is 2.33 bits per heavy atom. The summed E-state index contributed by atoms with van der Waals surface area (Å²) in [5.74, 6) is 2.15. The minimum absolute atomic E-state index is 0.274. The zero-order valence-corrected chi connectivity index (χ0v) is 8.85. The van der Waals surface area contributed by atoms with E-state index < -0.39 is 0 Å². The van der Waals surface area contributed by atoms with E-state index >= 15 is 0 Å². The normalized spacial score (nSPS) is 24.4. The molecule has 3 heteroatoms. The monoisotopic (exact) mass is 208 g/mol. The molecule has 2 rings (SSSR count). The maximum absolute atomic E-state index is 8.87. The molecule has 1 aliphatic rings. The van der Waals surface area contributed by atoms with Crippen LogP contribution in [0.15, 0.2) is 24.3 Å². The highest BCUT2D eigenvalue weighted by Crippen LogP contribution is 2.31. The Kier molecular flexibility index (Phi) is 3.11. The van der Waals surface area contributed by atoms with Crippen LogP contribution in [0.4, 0.5) is 0 Å². The fourth-order valence-corrected chi connectivity index (χ4v) is 1.77. The molecule has 0 radical (unpaired) electrons. The van der Waals surface area contributed by atoms with E-state index in [9.17, 15) is 0 Å². The van der Waals surface area contributed by atoms with Gasteiger partial charge in [0.05, 0.1) is 13.2 Å². The van der Waals surface area contributed by atoms with E-state index in [1.807, 2.05) is 24.3 Å². The van der Waals surface area contributed by atoms with Gasteiger partial charge in [0.25, 0.3) is 0 Å². The average molecular weight is 208 g/mol. The van der Waals surface area contributed by atoms with Gasteiger partial charge in [-0.1, -0.05) is 0 Å². The molecule has 1 aromatic rings. The lowest BCUT2D eigenvalue weighted by atomic mass is 9.83. The molecule has 1 aliphatic carbocycles. The summed E-state index contributed by atoms with van der Waals surface area (Å²) in [4.78, 5) is 0. The van der Waals surface area contributed by atoms with Crippen molar-refractivity contribution in [2.24, 2.45) is 5.92 Å². The van der Waals surface area contributed by atoms with Crippen molar-refractivity contribution in [2.75, 3.05) is 13.7 Å². The number of rotatable bonds is 4. The Morgan fingerprint density at radius 2 is 1.80 bits per heavy atom. The highest BCUT2D eigenvalue weighted by atomic mass is 16.5. The summed E-state index contributed by atoms with van der Waals surface area (Å²) in [5, 5.41) is 8.87. The highest BCUT2D eigenvalue weighted by molar-refractivity contribution is 5.31. The molecule has 1 aromatic carbocycles. The fraction of sp³-hybridized carbons (Fsp3) is 0.500. The summed E-state index contributed by atoms with van der Waals surface area (Å²) >= 11 is 0. The van der Waals surface area contributed by atoms with Crippen molar-refractivity contribution in [2.45, 2.75) is 18.9 Å². The van der Waals surface area contributed by atoms with Crippen LogP contribution in [0.2, 0.25) is 0 Å². The SMILES string of the molecule is COc1ccc(O[C@H]2C[C@H](CO)C2)cc1. The smallest absolute Gasteiger partial charge is 0.119 e. The van der Waals surface area contributed by atoms with E-state index in [0.717, 1.165) is 24.3 Å². The summed E-state index contributed by atoms with van der Waals surface area (Å²) in [5.41, 5.74) is 0. The highest BCUT2D eigenvalue weighted by Gasteiger charge is 2.29. The predicted octanol–water partition coefficient (Wildman–Crippen LogP) is 1.84. The molecule has 3 nitrogen and oxygen atoms in total. The number of benzene rings is 1. The predicted molar refractivity (Wildman–Crippen MR) is 57.2 cm³/mol. The van der Waals surface area contributed by atoms with Crippen molar-refractivity contribution < 1.29 is 14.6 Å². The van der Waals surface area contributed by atoms with Crippen molar-refractivity contribution in [1.82, 2.24) is 0 Å². The Hall–Kier alpha value is -1.22. The third kappa shape index (κ3) is 2.42. The molecule has 0 bridgehead atoms. The third-order valence-electron chi connectivity index (χ3n) is 2.81. The zero-order chi connectivity index (χ0) is 10.7. The molecule has 0 amide bonds. The second kappa shape index (κ2) is 4.53. The second-order valence-corrected chi connectivity index (χ2v) is 3.94. The van der Waals surface area contributed by atoms with Crippen LogP contribution >= 0.6 is 0 Å². The minimum atomic E-state index is 0.274. The van der Waals surface area contributed by atoms with Gasteiger partial charge in [0.1, 0.15) is 11.5 Å². The molecule has 0 saturated heterocycles. The summed E-state index contributed by atoms with van der Waals surface area (Å²) in [6.07, 6.45) is 2.20. The second-order valence-electron chi connectivity index (χ2n) is 3.94. The summed E-state index contributed by atoms with van der Waals surface area (Å²) in [6, 6.07) is 7.59. The van der Waals surface area contributed by atoms with Gasteiger partial charge in [-0.2, -0.15) is 0 Å². The van der Waals surface area contributed by atoms with Crippen LogP contribution in [0.3, 0.4) is 0 Å². The number of aliphatic hydroxyl groups is 1. The van der Waals surface area contributed by atoms with Gasteiger partial charge in [-0.05, 0) is 43.0 Å². The van der Waals surface area contributed by atoms with E-state index in [-0.39, 0.29) is 12.7 Å². The van der Waals surface area contributed by atoms with Gasteiger partial charge in [0.2, 0.25) is 0 Å². The lowest BCUT2D eigenvalue weighted by Crippen LogP contribution is -2.35. The van der Waals surface area contributed by atoms with Gasteiger partial charge in [0, 0.05) is 6.61 Å². The molecule has 1 saturated carbocycles. The first kappa shape index (κ1) is 10.3. The molecule has 0 atom stereocenters. The topological polar surface area (TPSA) is 38.7 Å². The van der Waals surface area contributed by atoms with Gasteiger partial charge >= 0.3 is 0 Å². The van der Waals surface area contributed by atoms with Gasteiger partial charge in [-0.15, -0.1) is 0 Å². The standard InChI is InChI=1S/C12H16O3/c1-14-10-2-4-11(5-3-10)15-12-6-9(7-12)8-13/h2-5,9,12-13H,6-8H2,1H3/t9-,12-. The molecule has 82 valence electrons. The van der Waals surface area contributed by atoms with Gasteiger partial charge in [0.15, 0.2) is 0 Å². The first-order chi connectivity index (χ1) is 7.31. The van der Waals surface area contributed by atoms with Crippen LogP contribution in [-0.2, 0) is 0 Å². The number of ether oxygens (including phenoxy) is 2. The van der Waals surface area contributed by atoms with E-state index in [4.69, 9.17) is 14.6 Å². The Bertz CT molecular complexity index is 301. The van der Waals surface area contributed by atoms with Crippen molar-refractivity contribution in [3.8, 4) is 11.5 Å². The van der Waals surface area contributed by atoms with Crippen LogP contribution in [-0.4, -0.2) is 24.9 Å². The third-order valence-corrected chi connectivity index (χ3v) is 2.81. The van der Waals surface area contributed by atoms with Gasteiger partial charge < -0.3 is 14.6 Å². The Labute approximate surface area is 89.6 Å². The van der Waals surface area contributed by atoms with Crippen molar-refractivity contribution in [3.63, 3.8) is 0 Å². The molecule has 1 N–H and O–H groups in total. The van der Waals surface area contributed by atoms with E-state index in [1.54, 1.807) is 7.11 Å². The Morgan fingerprint density at radius 1 is 1.20 bits per heavy atom. The largest absolute Gasteiger partial charge is 0.497 e. The first-order valence-corrected chi connectivity index (χ1v) is 5.23. The quantitative estimate of drug-likeness (QED) is 0.820. The molecule has 1 fully saturated rings. The number of methoxy groups -OCH3 is 1. The van der Waals surface area contributed by atoms with E-state index in [0.29, 0.717) is 5.92 Å². The van der Waals surface area contributed by atoms with Gasteiger partial charge in [-0.25, -0.2) is 0 Å². The lowest BCUT2D eigenvalue weighted by Gasteiger charge is -2.34. The van der Waals surface area contributed by atoms with Gasteiger partial charge in [-0.3, -0.25) is 0 Å². The molecule has 15 heavy (non-hydrogen) atoms. The summed E-state index contributed by atoms with van der Waals surface area (Å²) in [7, 11) is 1.65. The fourth-order valence-electron chi connectivity index (χ4n) is 1.77. The molecular formula is C12H16O3. The maximum Gasteiger partial charge on any atom is 0.119 e. The summed E-state index contributed by atoms with van der Waals surface area (Å²) < 4.78 is 10.8. The average Bonchev–Trinajstić information content (AvgIpc) is 2.23. The molecule has 0 unspecified atom stereocenters. The lowest BCUT2D eigenvalue weighted by molar-refractivity contribution is 0.0324. The summed E-state index contributed by atoms with van der Waals surface area (Å²) in [6.45, 7) is 0.280. The minimum Gasteiger partial charge on any atom is -0.497 e. The van der Waals surface area contributed by atoms with E-state index in [1.165, 1.54) is 0 Å². The number of hydrogen-bond donors (Lipinski definition) is 1. The van der Waals surface area contributed by atoms with Crippen LogP contribution in [0.5, 0.6) is 11.5 Å². The molecule has 0 spiro atoms. The first-order valence-electron chi connectivity index (χ1n) is 5.23. The zero-order valence-electron chi connectivity index (χ0n) is 8.85. The van der Waals surface area contributed by atoms with Crippen LogP contribution in [0, 0.1) is 5.92 Å². The van der Waals surface area contributed by atoms with Crippen molar-refractivity contribution >= 4 is 0 Å². The Balaban J connectivity index is 1.84. The number of aliphatic hydroxyl groups excluding tert-OH is 1. The maximum atomic E-state index is 8.87. The molecule has 0 aliphatic heterocycles. The number of hydrogen-bond acceptors (Lipinski definition) is 3. The van der Waals surface area contributed by atoms with Crippen LogP contribution < -0.4 is 9.47 Å². The molecule has 0 aromatic heterocycles. The van der Waals surface area contributed by atoms with E-state index in [2.05, 4.69) is 0 Å².